The van der Waals surface area contributed by atoms with Gasteiger partial charge in [-0.3, -0.25) is 0 Å². The maximum absolute atomic E-state index is 3.76. The molecule has 0 amide bonds. The fourth-order valence-corrected chi connectivity index (χ4v) is 1.33. The molecule has 0 saturated heterocycles. The molecule has 0 heterocycles. The van der Waals surface area contributed by atoms with Crippen molar-refractivity contribution in [2.45, 2.75) is 13.8 Å². The first-order valence-corrected chi connectivity index (χ1v) is 4.05. The predicted molar refractivity (Wildman–Crippen MR) is 56.1 cm³/mol. The van der Waals surface area contributed by atoms with Gasteiger partial charge in [0.15, 0.2) is 0 Å². The maximum atomic E-state index is 3.76. The van der Waals surface area contributed by atoms with Crippen molar-refractivity contribution in [3.63, 3.8) is 0 Å². The van der Waals surface area contributed by atoms with Gasteiger partial charge in [0.05, 0.1) is 0 Å². The van der Waals surface area contributed by atoms with Crippen LogP contribution in [-0.2, 0) is 0 Å². The van der Waals surface area contributed by atoms with E-state index in [1.165, 1.54) is 22.3 Å². The standard InChI is InChI=1S/C12H14/c1-5-11-8-12(6-2)10(4)7-9(11)3/h5-8H,1-2H2,3-4H3. The molecule has 0 nitrogen and oxygen atoms in total. The third kappa shape index (κ3) is 1.48. The van der Waals surface area contributed by atoms with Crippen molar-refractivity contribution in [1.29, 1.82) is 0 Å². The van der Waals surface area contributed by atoms with E-state index in [2.05, 4.69) is 39.1 Å². The van der Waals surface area contributed by atoms with Crippen molar-refractivity contribution in [2.24, 2.45) is 0 Å². The summed E-state index contributed by atoms with van der Waals surface area (Å²) in [6, 6.07) is 4.28. The van der Waals surface area contributed by atoms with Crippen LogP contribution in [0.25, 0.3) is 12.2 Å². The maximum Gasteiger partial charge on any atom is -0.0227 e. The Morgan fingerprint density at radius 1 is 0.917 bits per heavy atom. The lowest BCUT2D eigenvalue weighted by Gasteiger charge is -2.05. The molecule has 0 unspecified atom stereocenters. The van der Waals surface area contributed by atoms with Crippen molar-refractivity contribution in [3.8, 4) is 0 Å². The summed E-state index contributed by atoms with van der Waals surface area (Å²) in [6.45, 7) is 11.7. The molecule has 0 aromatic heterocycles. The Kier molecular flexibility index (Phi) is 2.49. The van der Waals surface area contributed by atoms with Crippen LogP contribution in [0.15, 0.2) is 25.3 Å². The van der Waals surface area contributed by atoms with E-state index in [1.54, 1.807) is 0 Å². The van der Waals surface area contributed by atoms with Gasteiger partial charge in [-0.25, -0.2) is 0 Å². The fraction of sp³-hybridized carbons (Fsp3) is 0.167. The van der Waals surface area contributed by atoms with Gasteiger partial charge in [0.1, 0.15) is 0 Å². The first kappa shape index (κ1) is 8.79. The molecule has 0 saturated carbocycles. The molecule has 12 heavy (non-hydrogen) atoms. The van der Waals surface area contributed by atoms with Gasteiger partial charge >= 0.3 is 0 Å². The second-order valence-corrected chi connectivity index (χ2v) is 2.97. The summed E-state index contributed by atoms with van der Waals surface area (Å²) in [7, 11) is 0. The Bertz CT molecular complexity index is 290. The Morgan fingerprint density at radius 2 is 1.33 bits per heavy atom. The third-order valence-electron chi connectivity index (χ3n) is 2.09. The summed E-state index contributed by atoms with van der Waals surface area (Å²) >= 11 is 0. The monoisotopic (exact) mass is 158 g/mol. The normalized spacial score (nSPS) is 9.50. The van der Waals surface area contributed by atoms with Crippen molar-refractivity contribution >= 4 is 12.2 Å². The molecule has 1 aromatic rings. The molecule has 0 bridgehead atoms. The zero-order valence-electron chi connectivity index (χ0n) is 7.72. The van der Waals surface area contributed by atoms with Crippen molar-refractivity contribution in [3.05, 3.63) is 47.5 Å². The summed E-state index contributed by atoms with van der Waals surface area (Å²) in [5.74, 6) is 0. The lowest BCUT2D eigenvalue weighted by atomic mass is 10.0. The molecule has 0 radical (unpaired) electrons. The summed E-state index contributed by atoms with van der Waals surface area (Å²) in [5, 5.41) is 0. The smallest absolute Gasteiger partial charge is 0.0227 e. The van der Waals surface area contributed by atoms with E-state index in [0.29, 0.717) is 0 Å². The minimum atomic E-state index is 1.19. The molecule has 0 aliphatic carbocycles. The number of rotatable bonds is 2. The van der Waals surface area contributed by atoms with Crippen LogP contribution in [0, 0.1) is 13.8 Å². The number of benzene rings is 1. The second-order valence-electron chi connectivity index (χ2n) is 2.97. The highest BCUT2D eigenvalue weighted by atomic mass is 14.0. The summed E-state index contributed by atoms with van der Waals surface area (Å²) in [6.07, 6.45) is 3.75. The van der Waals surface area contributed by atoms with E-state index in [1.807, 2.05) is 12.2 Å². The lowest BCUT2D eigenvalue weighted by Crippen LogP contribution is -1.86. The van der Waals surface area contributed by atoms with Crippen LogP contribution < -0.4 is 0 Å². The SMILES string of the molecule is C=Cc1cc(C=C)c(C)cc1C. The first-order valence-electron chi connectivity index (χ1n) is 4.05. The van der Waals surface area contributed by atoms with Crippen LogP contribution >= 0.6 is 0 Å². The molecular formula is C12H14. The average molecular weight is 158 g/mol. The predicted octanol–water partition coefficient (Wildman–Crippen LogP) is 3.59. The molecule has 0 N–H and O–H groups in total. The molecule has 0 fully saturated rings. The Morgan fingerprint density at radius 3 is 1.67 bits per heavy atom. The molecule has 0 aliphatic heterocycles. The second kappa shape index (κ2) is 3.40. The summed E-state index contributed by atoms with van der Waals surface area (Å²) in [5.41, 5.74) is 4.92. The Hall–Kier alpha value is -1.30. The molecule has 1 rings (SSSR count). The molecule has 0 aliphatic rings. The van der Waals surface area contributed by atoms with Gasteiger partial charge in [0, 0.05) is 0 Å². The molecular weight excluding hydrogens is 144 g/mol. The third-order valence-corrected chi connectivity index (χ3v) is 2.09. The summed E-state index contributed by atoms with van der Waals surface area (Å²) < 4.78 is 0. The molecule has 0 atom stereocenters. The average Bonchev–Trinajstić information content (AvgIpc) is 2.05. The first-order chi connectivity index (χ1) is 5.69. The van der Waals surface area contributed by atoms with E-state index in [0.717, 1.165) is 0 Å². The lowest BCUT2D eigenvalue weighted by molar-refractivity contribution is 1.35. The van der Waals surface area contributed by atoms with Crippen molar-refractivity contribution in [1.82, 2.24) is 0 Å². The van der Waals surface area contributed by atoms with Gasteiger partial charge in [-0.15, -0.1) is 0 Å². The van der Waals surface area contributed by atoms with Crippen molar-refractivity contribution < 1.29 is 0 Å². The van der Waals surface area contributed by atoms with Crippen LogP contribution in [0.2, 0.25) is 0 Å². The van der Waals surface area contributed by atoms with Crippen LogP contribution in [0.4, 0.5) is 0 Å². The quantitative estimate of drug-likeness (QED) is 0.617. The van der Waals surface area contributed by atoms with E-state index < -0.39 is 0 Å². The largest absolute Gasteiger partial charge is 0.0985 e. The van der Waals surface area contributed by atoms with Crippen LogP contribution in [0.3, 0.4) is 0 Å². The van der Waals surface area contributed by atoms with Gasteiger partial charge in [0.2, 0.25) is 0 Å². The van der Waals surface area contributed by atoms with E-state index >= 15 is 0 Å². The highest BCUT2D eigenvalue weighted by molar-refractivity contribution is 5.61. The number of hydrogen-bond donors (Lipinski definition) is 0. The van der Waals surface area contributed by atoms with Gasteiger partial charge in [-0.05, 0) is 42.2 Å². The minimum absolute atomic E-state index is 1.19. The van der Waals surface area contributed by atoms with Gasteiger partial charge in [-0.1, -0.05) is 31.4 Å². The van der Waals surface area contributed by atoms with Crippen LogP contribution in [-0.4, -0.2) is 0 Å². The number of aryl methyl sites for hydroxylation is 2. The van der Waals surface area contributed by atoms with Crippen LogP contribution in [0.1, 0.15) is 22.3 Å². The Labute approximate surface area is 74.2 Å². The zero-order valence-corrected chi connectivity index (χ0v) is 7.72. The molecule has 1 aromatic carbocycles. The summed E-state index contributed by atoms with van der Waals surface area (Å²) in [4.78, 5) is 0. The van der Waals surface area contributed by atoms with E-state index in [9.17, 15) is 0 Å². The number of hydrogen-bond acceptors (Lipinski definition) is 0. The van der Waals surface area contributed by atoms with Crippen LogP contribution in [0.5, 0.6) is 0 Å². The van der Waals surface area contributed by atoms with E-state index in [-0.39, 0.29) is 0 Å². The molecule has 0 spiro atoms. The van der Waals surface area contributed by atoms with Crippen molar-refractivity contribution in [2.75, 3.05) is 0 Å². The highest BCUT2D eigenvalue weighted by Gasteiger charge is 1.98. The van der Waals surface area contributed by atoms with Gasteiger partial charge in [0.25, 0.3) is 0 Å². The zero-order chi connectivity index (χ0) is 9.14. The fourth-order valence-electron chi connectivity index (χ4n) is 1.33. The van der Waals surface area contributed by atoms with E-state index in [4.69, 9.17) is 0 Å². The molecule has 62 valence electrons. The Balaban J connectivity index is 3.36. The topological polar surface area (TPSA) is 0 Å². The highest BCUT2D eigenvalue weighted by Crippen LogP contribution is 2.17. The van der Waals surface area contributed by atoms with Gasteiger partial charge in [-0.2, -0.15) is 0 Å². The molecule has 0 heteroatoms. The minimum Gasteiger partial charge on any atom is -0.0985 e. The van der Waals surface area contributed by atoms with Gasteiger partial charge < -0.3 is 0 Å².